The molecule has 0 aliphatic carbocycles. The number of primary amides is 1. The van der Waals surface area contributed by atoms with E-state index in [0.29, 0.717) is 74.5 Å². The van der Waals surface area contributed by atoms with Crippen LogP contribution in [0, 0.1) is 11.3 Å². The summed E-state index contributed by atoms with van der Waals surface area (Å²) < 4.78 is 12.8. The number of aromatic nitrogens is 2. The molecule has 5 aliphatic rings. The van der Waals surface area contributed by atoms with E-state index in [9.17, 15) is 48.3 Å². The molecule has 7 heterocycles. The lowest BCUT2D eigenvalue weighted by Crippen LogP contribution is -2.54. The predicted octanol–water partition coefficient (Wildman–Crippen LogP) is 5.75. The molecule has 3 aromatic carbocycles. The lowest BCUT2D eigenvalue weighted by atomic mass is 9.71. The Labute approximate surface area is 491 Å². The summed E-state index contributed by atoms with van der Waals surface area (Å²) in [6, 6.07) is 18.2. The van der Waals surface area contributed by atoms with Gasteiger partial charge in [0.1, 0.15) is 25.3 Å². The van der Waals surface area contributed by atoms with Crippen LogP contribution < -0.4 is 32.6 Å². The minimum atomic E-state index is -1.93. The van der Waals surface area contributed by atoms with Gasteiger partial charge in [0.05, 0.1) is 29.0 Å². The fourth-order valence-electron chi connectivity index (χ4n) is 12.6. The van der Waals surface area contributed by atoms with Crippen molar-refractivity contribution in [2.75, 3.05) is 44.6 Å². The highest BCUT2D eigenvalue weighted by molar-refractivity contribution is 6.13. The Morgan fingerprint density at radius 3 is 2.26 bits per heavy atom. The van der Waals surface area contributed by atoms with Gasteiger partial charge in [0.25, 0.3) is 17.4 Å². The smallest absolute Gasteiger partial charge is 0.410 e. The second kappa shape index (κ2) is 25.4. The molecule has 0 bridgehead atoms. The van der Waals surface area contributed by atoms with E-state index in [0.717, 1.165) is 76.5 Å². The predicted molar refractivity (Wildman–Crippen MR) is 315 cm³/mol. The quantitative estimate of drug-likeness (QED) is 0.0217. The first-order valence-electron chi connectivity index (χ1n) is 29.6. The number of nitrogens with zero attached hydrogens (tertiary/aromatic N) is 5. The first-order chi connectivity index (χ1) is 40.8. The molecule has 0 saturated carbocycles. The minimum absolute atomic E-state index is 0.00954. The summed E-state index contributed by atoms with van der Waals surface area (Å²) in [5.41, 5.74) is 8.92. The van der Waals surface area contributed by atoms with Gasteiger partial charge in [0.15, 0.2) is 5.60 Å². The molecule has 85 heavy (non-hydrogen) atoms. The zero-order chi connectivity index (χ0) is 60.2. The highest BCUT2D eigenvalue weighted by atomic mass is 16.6. The average Bonchev–Trinajstić information content (AvgIpc) is 1.88. The number of likely N-dealkylation sites (tertiary alicyclic amines) is 2. The molecule has 0 radical (unpaired) electrons. The number of carbonyl (C=O) groups excluding carboxylic acids is 8. The monoisotopic (exact) mass is 1160 g/mol. The normalized spacial score (nSPS) is 18.7. The number of amides is 8. The van der Waals surface area contributed by atoms with Crippen molar-refractivity contribution in [1.29, 1.82) is 0 Å². The maximum absolute atomic E-state index is 14.2. The zero-order valence-corrected chi connectivity index (χ0v) is 48.3. The number of fused-ring (bicyclic) bond motifs is 7. The fraction of sp³-hybridized carbons (Fsp3) is 0.460. The van der Waals surface area contributed by atoms with Gasteiger partial charge in [-0.3, -0.25) is 38.6 Å². The number of piperidine rings is 2. The molecule has 3 atom stereocenters. The van der Waals surface area contributed by atoms with Gasteiger partial charge in [-0.05, 0) is 128 Å². The van der Waals surface area contributed by atoms with Crippen LogP contribution in [0.3, 0.4) is 0 Å². The van der Waals surface area contributed by atoms with Crippen LogP contribution in [0.2, 0.25) is 0 Å². The maximum atomic E-state index is 14.2. The number of hydrogen-bond acceptors (Lipinski definition) is 14. The number of cyclic esters (lactones) is 1. The van der Waals surface area contributed by atoms with Crippen molar-refractivity contribution in [3.63, 3.8) is 0 Å². The summed E-state index contributed by atoms with van der Waals surface area (Å²) in [4.78, 5) is 127. The van der Waals surface area contributed by atoms with Crippen molar-refractivity contribution in [2.24, 2.45) is 17.1 Å². The Balaban J connectivity index is 0.712. The molecule has 5 aliphatic heterocycles. The highest BCUT2D eigenvalue weighted by Crippen LogP contribution is 2.45. The van der Waals surface area contributed by atoms with E-state index in [1.165, 1.54) is 12.2 Å². The standard InChI is InChI=1S/C63H74N10O12/c1-4-63(83)46-33-49-55-44(35-73(49)58(79)45(46)37-84-59(63)80)43(53-42-12-8-7-11-40(42)17-20-47(53)67-55)34-70-29-23-62(24-30-70)25-31-71(32-26-62)61(82)85-36-39-15-18-41(19-16-39)66-56(77)48(13-10-27-65-60(64)81)68-57(78)54(38(2)3)69-50(74)14-6-5-9-28-72-51(75)21-22-52(72)76/h7-8,11-12,15-22,33,38,48,54,83H,4-6,9-10,13-14,23-32,34-37H2,1-3H3,(H,66,77)(H,68,78)(H,69,74)(H3,64,65,81)/t48-,54-,63-/m0/s1. The SMILES string of the molecule is CC[C@@]1(O)C(=O)OCc2c1cc1n(c2=O)Cc2c-1nc1ccc3ccccc3c1c2CN1CCC2(CC1)CCN(C(=O)OCc1ccc(NC(=O)[C@H](CCCNC(N)=O)NC(=O)[C@@H](NC(=O)CCCCCN3C(=O)C=CC3=O)C(C)C)cc1)CC2. The largest absolute Gasteiger partial charge is 0.458 e. The Morgan fingerprint density at radius 2 is 1.55 bits per heavy atom. The third-order valence-corrected chi connectivity index (χ3v) is 17.7. The van der Waals surface area contributed by atoms with E-state index < -0.39 is 47.6 Å². The van der Waals surface area contributed by atoms with Crippen LogP contribution in [0.1, 0.15) is 119 Å². The van der Waals surface area contributed by atoms with E-state index >= 15 is 0 Å². The molecule has 5 aromatic rings. The van der Waals surface area contributed by atoms with Crippen LogP contribution in [0.25, 0.3) is 33.1 Å². The Bertz CT molecular complexity index is 3530. The van der Waals surface area contributed by atoms with Crippen LogP contribution in [0.4, 0.5) is 15.3 Å². The molecule has 22 nitrogen and oxygen atoms in total. The number of imide groups is 1. The van der Waals surface area contributed by atoms with Crippen molar-refractivity contribution >= 4 is 75.0 Å². The summed E-state index contributed by atoms with van der Waals surface area (Å²) >= 11 is 0. The molecule has 7 N–H and O–H groups in total. The number of carbonyl (C=O) groups is 8. The number of ether oxygens (including phenoxy) is 2. The molecule has 22 heteroatoms. The lowest BCUT2D eigenvalue weighted by molar-refractivity contribution is -0.172. The number of urea groups is 1. The fourth-order valence-corrected chi connectivity index (χ4v) is 12.6. The van der Waals surface area contributed by atoms with Gasteiger partial charge in [-0.1, -0.05) is 69.7 Å². The van der Waals surface area contributed by atoms with Crippen LogP contribution in [-0.2, 0) is 70.1 Å². The van der Waals surface area contributed by atoms with Crippen molar-refractivity contribution in [1.82, 2.24) is 40.2 Å². The molecule has 2 saturated heterocycles. The maximum Gasteiger partial charge on any atom is 0.410 e. The molecule has 1 spiro atoms. The summed E-state index contributed by atoms with van der Waals surface area (Å²) in [5, 5.41) is 25.6. The molecule has 448 valence electrons. The van der Waals surface area contributed by atoms with Crippen LogP contribution in [-0.4, -0.2) is 128 Å². The summed E-state index contributed by atoms with van der Waals surface area (Å²) in [7, 11) is 0. The number of nitrogens with one attached hydrogen (secondary N) is 4. The van der Waals surface area contributed by atoms with Crippen LogP contribution >= 0.6 is 0 Å². The van der Waals surface area contributed by atoms with Crippen molar-refractivity contribution < 1.29 is 52.9 Å². The number of pyridine rings is 2. The number of benzene rings is 3. The third-order valence-electron chi connectivity index (χ3n) is 17.7. The number of unbranched alkanes of at least 4 members (excludes halogenated alkanes) is 2. The van der Waals surface area contributed by atoms with E-state index in [1.54, 1.807) is 60.6 Å². The Morgan fingerprint density at radius 1 is 0.835 bits per heavy atom. The van der Waals surface area contributed by atoms with Crippen molar-refractivity contribution in [2.45, 2.75) is 135 Å². The van der Waals surface area contributed by atoms with Gasteiger partial charge in [-0.2, -0.15) is 0 Å². The summed E-state index contributed by atoms with van der Waals surface area (Å²) in [5.74, 6) is -3.24. The molecule has 8 amide bonds. The lowest BCUT2D eigenvalue weighted by Gasteiger charge is -2.46. The number of aliphatic hydroxyl groups is 1. The van der Waals surface area contributed by atoms with Crippen LogP contribution in [0.15, 0.2) is 83.7 Å². The second-order valence-electron chi connectivity index (χ2n) is 23.5. The molecular formula is C63H74N10O12. The molecule has 2 fully saturated rings. The molecular weight excluding hydrogens is 1090 g/mol. The third kappa shape index (κ3) is 12.8. The molecule has 10 rings (SSSR count). The van der Waals surface area contributed by atoms with Gasteiger partial charge in [-0.15, -0.1) is 0 Å². The van der Waals surface area contributed by atoms with Gasteiger partial charge in [0.2, 0.25) is 17.7 Å². The number of anilines is 1. The highest BCUT2D eigenvalue weighted by Gasteiger charge is 2.46. The Kier molecular flexibility index (Phi) is 17.8. The van der Waals surface area contributed by atoms with E-state index in [-0.39, 0.29) is 91.3 Å². The van der Waals surface area contributed by atoms with Crippen LogP contribution in [0.5, 0.6) is 0 Å². The second-order valence-corrected chi connectivity index (χ2v) is 23.5. The summed E-state index contributed by atoms with van der Waals surface area (Å²) in [6.45, 7) is 9.23. The molecule has 0 unspecified atom stereocenters. The van der Waals surface area contributed by atoms with Gasteiger partial charge < -0.3 is 51.0 Å². The number of nitrogens with two attached hydrogens (primary N) is 1. The van der Waals surface area contributed by atoms with Crippen molar-refractivity contribution in [3.05, 3.63) is 117 Å². The Hall–Kier alpha value is -8.50. The van der Waals surface area contributed by atoms with Crippen molar-refractivity contribution in [3.8, 4) is 11.4 Å². The zero-order valence-electron chi connectivity index (χ0n) is 48.3. The minimum Gasteiger partial charge on any atom is -0.458 e. The average molecular weight is 1160 g/mol. The van der Waals surface area contributed by atoms with E-state index in [4.69, 9.17) is 20.2 Å². The topological polar surface area (TPSA) is 294 Å². The van der Waals surface area contributed by atoms with E-state index in [2.05, 4.69) is 44.4 Å². The van der Waals surface area contributed by atoms with Gasteiger partial charge >= 0.3 is 18.1 Å². The number of rotatable bonds is 21. The molecule has 2 aromatic heterocycles. The van der Waals surface area contributed by atoms with Gasteiger partial charge in [0, 0.05) is 73.5 Å². The van der Waals surface area contributed by atoms with E-state index in [1.807, 2.05) is 18.2 Å². The first kappa shape index (κ1) is 59.7. The number of hydrogen-bond donors (Lipinski definition) is 6. The first-order valence-corrected chi connectivity index (χ1v) is 29.6. The summed E-state index contributed by atoms with van der Waals surface area (Å²) in [6.07, 6.45) is 7.84. The van der Waals surface area contributed by atoms with Gasteiger partial charge in [-0.25, -0.2) is 19.4 Å². The number of esters is 1.